The van der Waals surface area contributed by atoms with Gasteiger partial charge in [0.05, 0.1) is 32.0 Å². The third-order valence-corrected chi connectivity index (χ3v) is 23.2. The molecule has 2 unspecified atom stereocenters. The monoisotopic (exact) mass is 1490 g/mol. The largest absolute Gasteiger partial charge is 0.397 e. The molecule has 12 atom stereocenters. The molecule has 4 aliphatic carbocycles. The van der Waals surface area contributed by atoms with Gasteiger partial charge >= 0.3 is 12.4 Å². The molecule has 0 aromatic rings. The van der Waals surface area contributed by atoms with Crippen LogP contribution in [0.5, 0.6) is 0 Å². The second kappa shape index (κ2) is 35.4. The van der Waals surface area contributed by atoms with Crippen molar-refractivity contribution in [2.75, 3.05) is 82.6 Å². The van der Waals surface area contributed by atoms with Crippen LogP contribution in [0.25, 0.3) is 0 Å². The summed E-state index contributed by atoms with van der Waals surface area (Å²) in [5.41, 5.74) is -1.77. The van der Waals surface area contributed by atoms with Crippen molar-refractivity contribution in [1.82, 2.24) is 60.0 Å². The van der Waals surface area contributed by atoms with Crippen LogP contribution in [0.15, 0.2) is 12.2 Å². The van der Waals surface area contributed by atoms with Gasteiger partial charge in [-0.2, -0.15) is 26.3 Å². The maximum Gasteiger partial charge on any atom is 0.397 e. The Bertz CT molecular complexity index is 3130. The van der Waals surface area contributed by atoms with Crippen molar-refractivity contribution < 1.29 is 97.0 Å². The lowest BCUT2D eigenvalue weighted by atomic mass is 9.74. The van der Waals surface area contributed by atoms with Crippen LogP contribution < -0.4 is 16.0 Å². The summed E-state index contributed by atoms with van der Waals surface area (Å²) >= 11 is 0. The van der Waals surface area contributed by atoms with Crippen molar-refractivity contribution in [1.29, 1.82) is 0 Å². The normalized spacial score (nSPS) is 32.7. The average Bonchev–Trinajstić information content (AvgIpc) is 1.16. The highest BCUT2D eigenvalue weighted by molar-refractivity contribution is 6.01. The van der Waals surface area contributed by atoms with Gasteiger partial charge in [-0.05, 0) is 133 Å². The highest BCUT2D eigenvalue weighted by Gasteiger charge is 2.56. The molecule has 4 saturated carbocycles. The molecule has 0 aromatic heterocycles. The number of halogens is 9. The fourth-order valence-electron chi connectivity index (χ4n) is 16.4. The molecule has 3 heterocycles. The Balaban J connectivity index is 1.30. The highest BCUT2D eigenvalue weighted by atomic mass is 19.4. The lowest BCUT2D eigenvalue weighted by Crippen LogP contribution is -2.68. The van der Waals surface area contributed by atoms with Gasteiger partial charge in [0.15, 0.2) is 0 Å². The molecule has 3 aliphatic heterocycles. The van der Waals surface area contributed by atoms with E-state index in [2.05, 4.69) is 16.0 Å². The maximum absolute atomic E-state index is 16.1. The molecule has 7 aliphatic rings. The zero-order valence-electron chi connectivity index (χ0n) is 61.7. The number of amides is 12. The summed E-state index contributed by atoms with van der Waals surface area (Å²) in [5.74, 6) is -17.6. The van der Waals surface area contributed by atoms with E-state index in [9.17, 15) is 59.9 Å². The van der Waals surface area contributed by atoms with E-state index in [0.29, 0.717) is 38.5 Å². The Hall–Kier alpha value is -7.25. The molecule has 104 heavy (non-hydrogen) atoms. The van der Waals surface area contributed by atoms with Gasteiger partial charge in [-0.15, -0.1) is 0 Å². The summed E-state index contributed by atoms with van der Waals surface area (Å²) < 4.78 is 131. The number of carbonyl (C=O) groups excluding carboxylic acids is 12. The molecule has 2 bridgehead atoms. The Morgan fingerprint density at radius 2 is 1.24 bits per heavy atom. The third-order valence-electron chi connectivity index (χ3n) is 23.2. The van der Waals surface area contributed by atoms with E-state index in [1.165, 1.54) is 71.1 Å². The minimum atomic E-state index is -5.24. The van der Waals surface area contributed by atoms with Crippen LogP contribution in [0.3, 0.4) is 0 Å². The number of carbonyl (C=O) groups is 12. The van der Waals surface area contributed by atoms with Gasteiger partial charge in [0.25, 0.3) is 0 Å². The van der Waals surface area contributed by atoms with E-state index in [1.807, 2.05) is 0 Å². The molecule has 24 nitrogen and oxygen atoms in total. The predicted molar refractivity (Wildman–Crippen MR) is 361 cm³/mol. The van der Waals surface area contributed by atoms with E-state index in [4.69, 9.17) is 0 Å². The van der Waals surface area contributed by atoms with Crippen LogP contribution in [0, 0.1) is 35.5 Å². The zero-order chi connectivity index (χ0) is 77.4. The molecule has 33 heteroatoms. The molecule has 7 rings (SSSR count). The molecule has 3 N–H and O–H groups in total. The highest BCUT2D eigenvalue weighted by Crippen LogP contribution is 2.46. The van der Waals surface area contributed by atoms with Crippen molar-refractivity contribution in [2.24, 2.45) is 35.5 Å². The molecule has 1 spiro atoms. The summed E-state index contributed by atoms with van der Waals surface area (Å²) in [4.78, 5) is 188. The Morgan fingerprint density at radius 1 is 0.625 bits per heavy atom. The van der Waals surface area contributed by atoms with E-state index in [1.54, 1.807) is 32.9 Å². The first-order chi connectivity index (χ1) is 48.7. The summed E-state index contributed by atoms with van der Waals surface area (Å²) in [7, 11) is 10.6. The van der Waals surface area contributed by atoms with Gasteiger partial charge < -0.3 is 60.0 Å². The van der Waals surface area contributed by atoms with Crippen LogP contribution in [0.1, 0.15) is 162 Å². The number of alkyl halides is 9. The van der Waals surface area contributed by atoms with Crippen LogP contribution in [0.2, 0.25) is 0 Å². The smallest absolute Gasteiger partial charge is 0.347 e. The van der Waals surface area contributed by atoms with Crippen LogP contribution in [-0.2, 0) is 57.5 Å². The lowest BCUT2D eigenvalue weighted by Gasteiger charge is -2.46. The maximum atomic E-state index is 16.1. The van der Waals surface area contributed by atoms with Crippen molar-refractivity contribution in [3.63, 3.8) is 0 Å². The summed E-state index contributed by atoms with van der Waals surface area (Å²) in [6.07, 6.45) is -15.6. The van der Waals surface area contributed by atoms with Gasteiger partial charge in [0, 0.05) is 69.3 Å². The van der Waals surface area contributed by atoms with Crippen molar-refractivity contribution in [2.45, 2.75) is 247 Å². The molecule has 586 valence electrons. The lowest BCUT2D eigenvalue weighted by molar-refractivity contribution is -0.219. The molecule has 6 fully saturated rings. The van der Waals surface area contributed by atoms with Crippen molar-refractivity contribution >= 4 is 70.9 Å². The quantitative estimate of drug-likeness (QED) is 0.177. The second-order valence-electron chi connectivity index (χ2n) is 30.5. The summed E-state index contributed by atoms with van der Waals surface area (Å²) in [6.45, 7) is 2.50. The number of hydrogen-bond donors (Lipinski definition) is 3. The van der Waals surface area contributed by atoms with Gasteiger partial charge in [0.1, 0.15) is 78.3 Å². The number of rotatable bonds is 10. The number of hydrogen-bond acceptors (Lipinski definition) is 12. The molecular formula is C71H107F9N12O12. The number of nitrogens with one attached hydrogen (secondary N) is 3. The predicted octanol–water partition coefficient (Wildman–Crippen LogP) is 5.65. The van der Waals surface area contributed by atoms with Gasteiger partial charge in [-0.1, -0.05) is 52.2 Å². The van der Waals surface area contributed by atoms with Crippen LogP contribution in [-0.4, -0.2) is 282 Å². The first-order valence-corrected chi connectivity index (χ1v) is 36.7. The van der Waals surface area contributed by atoms with Crippen molar-refractivity contribution in [3.05, 3.63) is 12.2 Å². The molecule has 0 radical (unpaired) electrons. The van der Waals surface area contributed by atoms with Gasteiger partial charge in [-0.25, -0.2) is 13.2 Å². The first kappa shape index (κ1) is 84.0. The Kier molecular flexibility index (Phi) is 28.6. The first-order valence-electron chi connectivity index (χ1n) is 36.7. The average molecular weight is 1490 g/mol. The van der Waals surface area contributed by atoms with Crippen molar-refractivity contribution in [3.8, 4) is 0 Å². The second-order valence-corrected chi connectivity index (χ2v) is 30.5. The SMILES string of the molecule is CC[C@H](C)[C@@H]1NC(=O)[C@H](CC)N(C)C(=O)C[C@@H](C(=O)N(C)C)N(C)C(=O)[C@H](C2CCCC2)N(C)C(=O)C2(CCC2)NC(=O)[C@@H]2C[C@@H](F)CN2C(=O)[C@H](CCC2CC(F)C(C(F)(F)F)C(F)C2)NC(=O)CN(C)C(=O)[C@H](CC2CCC(C(F)(F)F)CC2)N2CC/C=C\C[C@@H](C2=O)N(C)C(=O)CN(C)C1=O. The minimum absolute atomic E-state index is 0.00624. The topological polar surface area (TPSA) is 270 Å². The molecule has 0 aromatic carbocycles. The number of fused-ring (bicyclic) bond motifs is 3. The number of likely N-dealkylation sites (N-methyl/N-ethyl adjacent to an activating group) is 7. The number of nitrogens with zero attached hydrogens (tertiary/aromatic N) is 9. The van der Waals surface area contributed by atoms with Gasteiger partial charge in [0.2, 0.25) is 70.9 Å². The van der Waals surface area contributed by atoms with E-state index >= 15 is 37.1 Å². The molecule has 12 amide bonds. The Morgan fingerprint density at radius 3 is 1.80 bits per heavy atom. The van der Waals surface area contributed by atoms with Crippen LogP contribution >= 0.6 is 0 Å². The summed E-state index contributed by atoms with van der Waals surface area (Å²) in [5, 5.41) is 8.06. The summed E-state index contributed by atoms with van der Waals surface area (Å²) in [6, 6.07) is -11.8. The Labute approximate surface area is 602 Å². The van der Waals surface area contributed by atoms with E-state index in [0.717, 1.165) is 29.4 Å². The molecule has 2 saturated heterocycles. The standard InChI is InChI=1S/C71H107F9N12O12/c1-12-40(3)58-66(102)86(7)39-56(95)88(9)50-22-15-14-18-31-91(65(50)101)53(34-41-23-26-44(27-24-41)70(75,76)77)64(100)85(6)38-54(93)81-48(28-25-42-32-46(73)57(47(74)33-42)71(78,79)80)62(98)92-37-45(72)35-51(92)61(97)83-69(29-19-30-69)68(104)90(11)59(43-20-16-17-21-43)67(103)89(10)52(63(99)84(4)5)36-55(94)87(8)49(13-2)60(96)82-58/h14-15,40-53,57-59H,12-13,16-39H2,1-11H3,(H,81,93)(H,82,96)(H,83,97)/b15-14-/t40-,41?,42?,44?,45+,46?,47?,48-,49-,50-,51-,52-,53-,57?,58-,59-/m0/s1. The minimum Gasteiger partial charge on any atom is -0.347 e. The fourth-order valence-corrected chi connectivity index (χ4v) is 16.4. The van der Waals surface area contributed by atoms with E-state index in [-0.39, 0.29) is 70.8 Å². The van der Waals surface area contributed by atoms with E-state index < -0.39 is 249 Å². The fraction of sp³-hybridized carbons (Fsp3) is 0.803. The molecular weight excluding hydrogens is 1380 g/mol. The zero-order valence-corrected chi connectivity index (χ0v) is 61.7. The third kappa shape index (κ3) is 19.7. The van der Waals surface area contributed by atoms with Gasteiger partial charge in [-0.3, -0.25) is 57.5 Å². The van der Waals surface area contributed by atoms with Crippen LogP contribution in [0.4, 0.5) is 39.5 Å².